The van der Waals surface area contributed by atoms with Crippen molar-refractivity contribution in [2.75, 3.05) is 19.6 Å². The fourth-order valence-electron chi connectivity index (χ4n) is 4.89. The van der Waals surface area contributed by atoms with Crippen molar-refractivity contribution < 1.29 is 45.1 Å². The average Bonchev–Trinajstić information content (AvgIpc) is 2.84. The minimum Gasteiger partial charge on any atom is -0.444 e. The molecule has 2 amide bonds. The van der Waals surface area contributed by atoms with Gasteiger partial charge in [0.15, 0.2) is 0 Å². The number of aryl methyl sites for hydroxylation is 1. The zero-order valence-corrected chi connectivity index (χ0v) is 23.3. The lowest BCUT2D eigenvalue weighted by atomic mass is 9.78. The van der Waals surface area contributed by atoms with Gasteiger partial charge < -0.3 is 15.0 Å². The van der Waals surface area contributed by atoms with Crippen LogP contribution >= 0.6 is 0 Å². The van der Waals surface area contributed by atoms with Crippen molar-refractivity contribution in [3.05, 3.63) is 70.0 Å². The van der Waals surface area contributed by atoms with Crippen molar-refractivity contribution in [2.45, 2.75) is 70.8 Å². The molecule has 0 unspecified atom stereocenters. The van der Waals surface area contributed by atoms with Gasteiger partial charge in [0.2, 0.25) is 5.91 Å². The monoisotopic (exact) mass is 590 g/mol. The minimum absolute atomic E-state index is 0.0584. The number of hydrogen-bond donors (Lipinski definition) is 1. The lowest BCUT2D eigenvalue weighted by Crippen LogP contribution is -2.49. The van der Waals surface area contributed by atoms with Crippen LogP contribution in [-0.2, 0) is 21.9 Å². The number of benzene rings is 2. The van der Waals surface area contributed by atoms with E-state index in [-0.39, 0.29) is 37.7 Å². The van der Waals surface area contributed by atoms with Crippen LogP contribution in [0.15, 0.2) is 36.4 Å². The number of ether oxygens (including phenoxy) is 1. The highest BCUT2D eigenvalue weighted by atomic mass is 19.4. The smallest absolute Gasteiger partial charge is 0.416 e. The summed E-state index contributed by atoms with van der Waals surface area (Å²) in [6, 6.07) is 5.45. The van der Waals surface area contributed by atoms with Crippen LogP contribution < -0.4 is 5.32 Å². The molecule has 0 radical (unpaired) electrons. The van der Waals surface area contributed by atoms with Crippen LogP contribution in [-0.4, -0.2) is 42.1 Å². The predicted octanol–water partition coefficient (Wildman–Crippen LogP) is 7.43. The Bertz CT molecular complexity index is 1240. The molecule has 226 valence electrons. The van der Waals surface area contributed by atoms with Gasteiger partial charge in [-0.25, -0.2) is 9.18 Å². The van der Waals surface area contributed by atoms with Crippen molar-refractivity contribution in [1.29, 1.82) is 0 Å². The number of amides is 2. The highest BCUT2D eigenvalue weighted by Crippen LogP contribution is 2.38. The third-order valence-corrected chi connectivity index (χ3v) is 6.99. The van der Waals surface area contributed by atoms with Gasteiger partial charge in [-0.3, -0.25) is 4.79 Å². The Hall–Kier alpha value is -3.31. The fraction of sp³-hybridized carbons (Fsp3) is 0.517. The Morgan fingerprint density at radius 2 is 1.59 bits per heavy atom. The lowest BCUT2D eigenvalue weighted by Gasteiger charge is -2.39. The van der Waals surface area contributed by atoms with E-state index in [1.807, 2.05) is 0 Å². The van der Waals surface area contributed by atoms with Crippen molar-refractivity contribution in [2.24, 2.45) is 5.92 Å². The maximum absolute atomic E-state index is 13.8. The van der Waals surface area contributed by atoms with Gasteiger partial charge in [-0.2, -0.15) is 26.3 Å². The Morgan fingerprint density at radius 1 is 1.00 bits per heavy atom. The number of alkyl halides is 6. The maximum Gasteiger partial charge on any atom is 0.416 e. The lowest BCUT2D eigenvalue weighted by molar-refractivity contribution is -0.143. The summed E-state index contributed by atoms with van der Waals surface area (Å²) >= 11 is 0. The number of halogens is 7. The standard InChI is InChI=1S/C29H33F7N2O3/c1-16-10-21(30)6-7-22(16)24-15-38(26(40)41-27(3,4)5)9-8-23(24)25(39)37-14-17(2)18-11-19(28(31,32)33)13-20(12-18)29(34,35)36/h6-7,10-13,17,23-24H,8-9,14-15H2,1-5H3,(H,37,39)/t17-,23+,24-/m1/s1. The van der Waals surface area contributed by atoms with E-state index in [2.05, 4.69) is 5.32 Å². The van der Waals surface area contributed by atoms with Gasteiger partial charge in [-0.1, -0.05) is 13.0 Å². The zero-order valence-electron chi connectivity index (χ0n) is 23.3. The Labute approximate surface area is 234 Å². The molecular weight excluding hydrogens is 557 g/mol. The first-order valence-electron chi connectivity index (χ1n) is 13.1. The normalized spacial score (nSPS) is 19.1. The predicted molar refractivity (Wildman–Crippen MR) is 138 cm³/mol. The number of hydrogen-bond acceptors (Lipinski definition) is 3. The molecule has 1 N–H and O–H groups in total. The SMILES string of the molecule is Cc1cc(F)ccc1[C@H]1CN(C(=O)OC(C)(C)C)CC[C@@H]1C(=O)NC[C@@H](C)c1cc(C(F)(F)F)cc(C(F)(F)F)c1. The Kier molecular flexibility index (Phi) is 9.34. The van der Waals surface area contributed by atoms with Crippen LogP contribution in [0.3, 0.4) is 0 Å². The zero-order chi connectivity index (χ0) is 30.9. The van der Waals surface area contributed by atoms with Crippen LogP contribution in [0.5, 0.6) is 0 Å². The van der Waals surface area contributed by atoms with Crippen molar-refractivity contribution >= 4 is 12.0 Å². The Balaban J connectivity index is 1.83. The number of carbonyl (C=O) groups is 2. The van der Waals surface area contributed by atoms with Crippen LogP contribution in [0.4, 0.5) is 35.5 Å². The van der Waals surface area contributed by atoms with Crippen LogP contribution in [0.2, 0.25) is 0 Å². The van der Waals surface area contributed by atoms with Gasteiger partial charge in [-0.05, 0) is 87.1 Å². The summed E-state index contributed by atoms with van der Waals surface area (Å²) in [5.41, 5.74) is -2.63. The third-order valence-electron chi connectivity index (χ3n) is 6.99. The summed E-state index contributed by atoms with van der Waals surface area (Å²) < 4.78 is 99.1. The summed E-state index contributed by atoms with van der Waals surface area (Å²) in [5, 5.41) is 2.67. The molecule has 3 atom stereocenters. The van der Waals surface area contributed by atoms with Gasteiger partial charge in [0, 0.05) is 31.5 Å². The van der Waals surface area contributed by atoms with Gasteiger partial charge >= 0.3 is 18.4 Å². The average molecular weight is 591 g/mol. The van der Waals surface area contributed by atoms with Gasteiger partial charge in [0.05, 0.1) is 11.1 Å². The van der Waals surface area contributed by atoms with Gasteiger partial charge in [-0.15, -0.1) is 0 Å². The van der Waals surface area contributed by atoms with Gasteiger partial charge in [0.1, 0.15) is 11.4 Å². The molecule has 0 spiro atoms. The van der Waals surface area contributed by atoms with Crippen LogP contribution in [0, 0.1) is 18.7 Å². The van der Waals surface area contributed by atoms with Crippen LogP contribution in [0.1, 0.15) is 73.8 Å². The summed E-state index contributed by atoms with van der Waals surface area (Å²) in [6.45, 7) is 8.30. The molecule has 0 aliphatic carbocycles. The molecule has 1 aliphatic heterocycles. The second kappa shape index (κ2) is 11.9. The maximum atomic E-state index is 13.8. The Morgan fingerprint density at radius 3 is 2.10 bits per heavy atom. The third kappa shape index (κ3) is 8.36. The molecule has 1 heterocycles. The van der Waals surface area contributed by atoms with Crippen LogP contribution in [0.25, 0.3) is 0 Å². The number of likely N-dealkylation sites (tertiary alicyclic amines) is 1. The minimum atomic E-state index is -4.98. The number of nitrogens with one attached hydrogen (secondary N) is 1. The van der Waals surface area contributed by atoms with E-state index in [1.165, 1.54) is 30.0 Å². The summed E-state index contributed by atoms with van der Waals surface area (Å²) in [6.07, 6.45) is -10.3. The molecule has 0 bridgehead atoms. The molecule has 1 aliphatic rings. The van der Waals surface area contributed by atoms with Crippen molar-refractivity contribution in [3.63, 3.8) is 0 Å². The summed E-state index contributed by atoms with van der Waals surface area (Å²) in [5.74, 6) is -3.08. The fourth-order valence-corrected chi connectivity index (χ4v) is 4.89. The molecule has 41 heavy (non-hydrogen) atoms. The van der Waals surface area contributed by atoms with Gasteiger partial charge in [0.25, 0.3) is 0 Å². The number of rotatable bonds is 5. The topological polar surface area (TPSA) is 58.6 Å². The second-order valence-corrected chi connectivity index (χ2v) is 11.4. The summed E-state index contributed by atoms with van der Waals surface area (Å²) in [7, 11) is 0. The molecule has 1 fully saturated rings. The first-order valence-corrected chi connectivity index (χ1v) is 13.1. The van der Waals surface area contributed by atoms with E-state index in [9.17, 15) is 40.3 Å². The molecule has 0 aromatic heterocycles. The number of piperidine rings is 1. The molecule has 2 aromatic rings. The first kappa shape index (κ1) is 32.2. The highest BCUT2D eigenvalue weighted by molar-refractivity contribution is 5.80. The molecule has 5 nitrogen and oxygen atoms in total. The molecule has 3 rings (SSSR count). The summed E-state index contributed by atoms with van der Waals surface area (Å²) in [4.78, 5) is 27.6. The largest absolute Gasteiger partial charge is 0.444 e. The molecule has 12 heteroatoms. The molecular formula is C29H33F7N2O3. The van der Waals surface area contributed by atoms with E-state index in [1.54, 1.807) is 27.7 Å². The second-order valence-electron chi connectivity index (χ2n) is 11.4. The van der Waals surface area contributed by atoms with E-state index in [4.69, 9.17) is 4.74 Å². The molecule has 1 saturated heterocycles. The van der Waals surface area contributed by atoms with E-state index < -0.39 is 64.7 Å². The van der Waals surface area contributed by atoms with E-state index in [0.29, 0.717) is 23.3 Å². The van der Waals surface area contributed by atoms with E-state index >= 15 is 0 Å². The van der Waals surface area contributed by atoms with E-state index in [0.717, 1.165) is 0 Å². The number of carbonyl (C=O) groups excluding carboxylic acids is 2. The highest BCUT2D eigenvalue weighted by Gasteiger charge is 2.40. The molecule has 0 saturated carbocycles. The quantitative estimate of drug-likeness (QED) is 0.369. The van der Waals surface area contributed by atoms with Crippen molar-refractivity contribution in [3.8, 4) is 0 Å². The number of nitrogens with zero attached hydrogens (tertiary/aromatic N) is 1. The molecule has 2 aromatic carbocycles. The van der Waals surface area contributed by atoms with Crippen molar-refractivity contribution in [1.82, 2.24) is 10.2 Å². The first-order chi connectivity index (χ1) is 18.8.